The number of morpholine rings is 1. The Hall–Kier alpha value is -2.31. The summed E-state index contributed by atoms with van der Waals surface area (Å²) in [6.45, 7) is 6.56. The second-order valence-corrected chi connectivity index (χ2v) is 7.51. The van der Waals surface area contributed by atoms with Crippen LogP contribution in [0.15, 0.2) is 36.5 Å². The first-order valence-electron chi connectivity index (χ1n) is 9.42. The minimum atomic E-state index is -0.0696. The Bertz CT molecular complexity index is 805. The molecule has 1 amide bonds. The molecule has 7 heteroatoms. The molecule has 1 aromatic heterocycles. The summed E-state index contributed by atoms with van der Waals surface area (Å²) in [4.78, 5) is 18.8. The van der Waals surface area contributed by atoms with E-state index in [-0.39, 0.29) is 11.9 Å². The number of hydrogen-bond acceptors (Lipinski definition) is 5. The van der Waals surface area contributed by atoms with Gasteiger partial charge in [-0.2, -0.15) is 0 Å². The van der Waals surface area contributed by atoms with E-state index in [9.17, 15) is 4.79 Å². The molecule has 0 spiro atoms. The summed E-state index contributed by atoms with van der Waals surface area (Å²) in [6, 6.07) is 9.63. The molecule has 3 rings (SSSR count). The summed E-state index contributed by atoms with van der Waals surface area (Å²) in [7, 11) is 1.65. The van der Waals surface area contributed by atoms with Crippen molar-refractivity contribution >= 4 is 23.3 Å². The van der Waals surface area contributed by atoms with Crippen LogP contribution in [0.5, 0.6) is 5.75 Å². The number of pyridine rings is 1. The Balaban J connectivity index is 1.77. The maximum atomic E-state index is 12.6. The van der Waals surface area contributed by atoms with Gasteiger partial charge in [-0.15, -0.1) is 0 Å². The molecule has 1 aliphatic rings. The zero-order valence-electron chi connectivity index (χ0n) is 16.4. The predicted octanol–water partition coefficient (Wildman–Crippen LogP) is 4.03. The Labute approximate surface area is 170 Å². The van der Waals surface area contributed by atoms with Crippen LogP contribution in [0.2, 0.25) is 5.02 Å². The number of nitrogens with one attached hydrogen (secondary N) is 1. The van der Waals surface area contributed by atoms with Crippen molar-refractivity contribution < 1.29 is 14.3 Å². The first-order chi connectivity index (χ1) is 13.5. The lowest BCUT2D eigenvalue weighted by Gasteiger charge is -2.27. The lowest BCUT2D eigenvalue weighted by atomic mass is 9.96. The smallest absolute Gasteiger partial charge is 0.255 e. The normalized spacial score (nSPS) is 15.4. The Morgan fingerprint density at radius 3 is 2.50 bits per heavy atom. The molecule has 1 fully saturated rings. The number of methoxy groups -OCH3 is 1. The summed E-state index contributed by atoms with van der Waals surface area (Å²) >= 11 is 6.46. The van der Waals surface area contributed by atoms with E-state index in [0.29, 0.717) is 48.6 Å². The Morgan fingerprint density at radius 1 is 1.25 bits per heavy atom. The number of carbonyl (C=O) groups is 1. The summed E-state index contributed by atoms with van der Waals surface area (Å²) in [5, 5.41) is 3.85. The monoisotopic (exact) mass is 403 g/mol. The van der Waals surface area contributed by atoms with Crippen LogP contribution in [0.1, 0.15) is 35.8 Å². The van der Waals surface area contributed by atoms with Crippen LogP contribution < -0.4 is 10.1 Å². The van der Waals surface area contributed by atoms with Gasteiger partial charge in [-0.25, -0.2) is 4.98 Å². The minimum absolute atomic E-state index is 0.0247. The van der Waals surface area contributed by atoms with Crippen LogP contribution in [0, 0.1) is 5.92 Å². The third kappa shape index (κ3) is 4.75. The van der Waals surface area contributed by atoms with Crippen molar-refractivity contribution in [1.82, 2.24) is 9.88 Å². The standard InChI is InChI=1S/C21H26ClN3O3/c1-14(2)19(15-4-6-17(27-3)7-5-15)24-20-18(22)12-16(13-23-20)21(26)25-8-10-28-11-9-25/h4-7,12-14,19H,8-11H2,1-3H3,(H,23,24). The van der Waals surface area contributed by atoms with Crippen LogP contribution in [-0.4, -0.2) is 49.2 Å². The van der Waals surface area contributed by atoms with Crippen molar-refractivity contribution in [2.45, 2.75) is 19.9 Å². The Morgan fingerprint density at radius 2 is 1.93 bits per heavy atom. The number of rotatable bonds is 6. The lowest BCUT2D eigenvalue weighted by molar-refractivity contribution is 0.0302. The highest BCUT2D eigenvalue weighted by atomic mass is 35.5. The lowest BCUT2D eigenvalue weighted by Crippen LogP contribution is -2.40. The van der Waals surface area contributed by atoms with Gasteiger partial charge in [0, 0.05) is 19.3 Å². The van der Waals surface area contributed by atoms with E-state index in [2.05, 4.69) is 24.1 Å². The number of halogens is 1. The highest BCUT2D eigenvalue weighted by molar-refractivity contribution is 6.33. The van der Waals surface area contributed by atoms with Crippen LogP contribution in [0.25, 0.3) is 0 Å². The molecule has 6 nitrogen and oxygen atoms in total. The fraction of sp³-hybridized carbons (Fsp3) is 0.429. The number of amides is 1. The molecule has 1 saturated heterocycles. The highest BCUT2D eigenvalue weighted by Crippen LogP contribution is 2.30. The molecule has 1 aromatic carbocycles. The second kappa shape index (κ2) is 9.26. The average Bonchev–Trinajstić information content (AvgIpc) is 2.73. The van der Waals surface area contributed by atoms with Crippen LogP contribution in [0.4, 0.5) is 5.82 Å². The second-order valence-electron chi connectivity index (χ2n) is 7.10. The van der Waals surface area contributed by atoms with Gasteiger partial charge in [-0.3, -0.25) is 4.79 Å². The number of benzene rings is 1. The number of hydrogen-bond donors (Lipinski definition) is 1. The SMILES string of the molecule is COc1ccc(C(Nc2ncc(C(=O)N3CCOCC3)cc2Cl)C(C)C)cc1. The molecule has 2 heterocycles. The molecular formula is C21H26ClN3O3. The van der Waals surface area contributed by atoms with E-state index in [0.717, 1.165) is 11.3 Å². The van der Waals surface area contributed by atoms with Crippen molar-refractivity contribution in [2.75, 3.05) is 38.7 Å². The summed E-state index contributed by atoms with van der Waals surface area (Å²) in [6.07, 6.45) is 1.58. The molecule has 28 heavy (non-hydrogen) atoms. The molecule has 1 aliphatic heterocycles. The number of nitrogens with zero attached hydrogens (tertiary/aromatic N) is 2. The maximum absolute atomic E-state index is 12.6. The number of ether oxygens (including phenoxy) is 2. The molecule has 0 radical (unpaired) electrons. The number of aromatic nitrogens is 1. The third-order valence-corrected chi connectivity index (χ3v) is 5.11. The van der Waals surface area contributed by atoms with E-state index >= 15 is 0 Å². The summed E-state index contributed by atoms with van der Waals surface area (Å²) in [5.74, 6) is 1.61. The largest absolute Gasteiger partial charge is 0.497 e. The highest BCUT2D eigenvalue weighted by Gasteiger charge is 2.21. The zero-order chi connectivity index (χ0) is 20.1. The molecule has 0 saturated carbocycles. The molecule has 1 unspecified atom stereocenters. The third-order valence-electron chi connectivity index (χ3n) is 4.82. The fourth-order valence-corrected chi connectivity index (χ4v) is 3.42. The Kier molecular flexibility index (Phi) is 6.75. The van der Waals surface area contributed by atoms with Gasteiger partial charge in [0.05, 0.1) is 37.0 Å². The topological polar surface area (TPSA) is 63.7 Å². The van der Waals surface area contributed by atoms with Crippen molar-refractivity contribution in [1.29, 1.82) is 0 Å². The van der Waals surface area contributed by atoms with Crippen molar-refractivity contribution in [3.8, 4) is 5.75 Å². The fourth-order valence-electron chi connectivity index (χ4n) is 3.20. The molecule has 0 aliphatic carbocycles. The van der Waals surface area contributed by atoms with Gasteiger partial charge in [0.25, 0.3) is 5.91 Å². The van der Waals surface area contributed by atoms with Gasteiger partial charge in [0.1, 0.15) is 11.6 Å². The first kappa shape index (κ1) is 20.4. The van der Waals surface area contributed by atoms with Gasteiger partial charge < -0.3 is 19.7 Å². The van der Waals surface area contributed by atoms with Gasteiger partial charge in [-0.1, -0.05) is 37.6 Å². The van der Waals surface area contributed by atoms with E-state index < -0.39 is 0 Å². The minimum Gasteiger partial charge on any atom is -0.497 e. The average molecular weight is 404 g/mol. The van der Waals surface area contributed by atoms with E-state index in [1.165, 1.54) is 0 Å². The van der Waals surface area contributed by atoms with Gasteiger partial charge >= 0.3 is 0 Å². The van der Waals surface area contributed by atoms with Crippen molar-refractivity contribution in [3.05, 3.63) is 52.7 Å². The summed E-state index contributed by atoms with van der Waals surface area (Å²) in [5.41, 5.74) is 1.60. The number of anilines is 1. The molecular weight excluding hydrogens is 378 g/mol. The van der Waals surface area contributed by atoms with Crippen LogP contribution in [-0.2, 0) is 4.74 Å². The van der Waals surface area contributed by atoms with E-state index in [1.54, 1.807) is 24.3 Å². The zero-order valence-corrected chi connectivity index (χ0v) is 17.2. The van der Waals surface area contributed by atoms with Crippen LogP contribution >= 0.6 is 11.6 Å². The molecule has 1 atom stereocenters. The van der Waals surface area contributed by atoms with Gasteiger partial charge in [0.2, 0.25) is 0 Å². The number of carbonyl (C=O) groups excluding carboxylic acids is 1. The summed E-state index contributed by atoms with van der Waals surface area (Å²) < 4.78 is 10.5. The van der Waals surface area contributed by atoms with Crippen LogP contribution in [0.3, 0.4) is 0 Å². The van der Waals surface area contributed by atoms with Gasteiger partial charge in [-0.05, 0) is 29.7 Å². The van der Waals surface area contributed by atoms with E-state index in [1.807, 2.05) is 24.3 Å². The molecule has 1 N–H and O–H groups in total. The quantitative estimate of drug-likeness (QED) is 0.789. The van der Waals surface area contributed by atoms with Crippen molar-refractivity contribution in [2.24, 2.45) is 5.92 Å². The molecule has 0 bridgehead atoms. The molecule has 2 aromatic rings. The maximum Gasteiger partial charge on any atom is 0.255 e. The predicted molar refractivity (Wildman–Crippen MR) is 110 cm³/mol. The molecule has 150 valence electrons. The van der Waals surface area contributed by atoms with Gasteiger partial charge in [0.15, 0.2) is 0 Å². The first-order valence-corrected chi connectivity index (χ1v) is 9.80. The van der Waals surface area contributed by atoms with Crippen molar-refractivity contribution in [3.63, 3.8) is 0 Å². The van der Waals surface area contributed by atoms with E-state index in [4.69, 9.17) is 21.1 Å².